The van der Waals surface area contributed by atoms with Crippen molar-refractivity contribution in [2.75, 3.05) is 11.5 Å². The van der Waals surface area contributed by atoms with Crippen LogP contribution >= 0.6 is 23.5 Å². The fourth-order valence-electron chi connectivity index (χ4n) is 3.12. The zero-order chi connectivity index (χ0) is 17.7. The fourth-order valence-corrected chi connectivity index (χ4v) is 6.36. The molecular formula is C21H28O2S2. The zero-order valence-corrected chi connectivity index (χ0v) is 17.1. The van der Waals surface area contributed by atoms with Crippen molar-refractivity contribution in [1.82, 2.24) is 0 Å². The standard InChI is InChI=1S/C21H28O2S2/c1-16(2)6-4-7-17(3)10-11-21(24-12-5-13-25-21)19-9-8-18-15-22-23-20(18)14-19/h6,8-10,14H,4-5,7,11-13,15H2,1-3H3/b17-10+. The van der Waals surface area contributed by atoms with Crippen LogP contribution in [0.15, 0.2) is 41.5 Å². The average Bonchev–Trinajstić information content (AvgIpc) is 3.08. The first-order valence-corrected chi connectivity index (χ1v) is 11.1. The van der Waals surface area contributed by atoms with E-state index in [-0.39, 0.29) is 4.08 Å². The van der Waals surface area contributed by atoms with E-state index in [4.69, 9.17) is 9.78 Å². The molecule has 0 spiro atoms. The van der Waals surface area contributed by atoms with Gasteiger partial charge in [0, 0.05) is 5.56 Å². The summed E-state index contributed by atoms with van der Waals surface area (Å²) in [6.45, 7) is 7.17. The molecular weight excluding hydrogens is 348 g/mol. The lowest BCUT2D eigenvalue weighted by Gasteiger charge is -2.36. The Morgan fingerprint density at radius 3 is 2.72 bits per heavy atom. The van der Waals surface area contributed by atoms with Crippen molar-refractivity contribution in [3.8, 4) is 5.75 Å². The Balaban J connectivity index is 1.76. The Kier molecular flexibility index (Phi) is 6.59. The van der Waals surface area contributed by atoms with Gasteiger partial charge < -0.3 is 4.89 Å². The highest BCUT2D eigenvalue weighted by Gasteiger charge is 2.35. The molecule has 1 saturated heterocycles. The van der Waals surface area contributed by atoms with Crippen molar-refractivity contribution in [2.45, 2.75) is 57.1 Å². The quantitative estimate of drug-likeness (QED) is 0.410. The lowest BCUT2D eigenvalue weighted by molar-refractivity contribution is -0.194. The maximum Gasteiger partial charge on any atom is 0.171 e. The van der Waals surface area contributed by atoms with Gasteiger partial charge in [0.05, 0.1) is 4.08 Å². The third-order valence-electron chi connectivity index (χ3n) is 4.64. The molecule has 2 aliphatic heterocycles. The molecule has 2 aliphatic rings. The first-order chi connectivity index (χ1) is 12.1. The highest BCUT2D eigenvalue weighted by Crippen LogP contribution is 2.54. The summed E-state index contributed by atoms with van der Waals surface area (Å²) < 4.78 is 0.108. The van der Waals surface area contributed by atoms with Gasteiger partial charge in [-0.2, -0.15) is 4.89 Å². The van der Waals surface area contributed by atoms with Crippen LogP contribution in [-0.4, -0.2) is 11.5 Å². The molecule has 3 rings (SSSR count). The molecule has 0 unspecified atom stereocenters. The van der Waals surface area contributed by atoms with Gasteiger partial charge in [0.1, 0.15) is 6.61 Å². The van der Waals surface area contributed by atoms with Gasteiger partial charge in [-0.15, -0.1) is 23.5 Å². The van der Waals surface area contributed by atoms with E-state index in [9.17, 15) is 0 Å². The lowest BCUT2D eigenvalue weighted by atomic mass is 10.0. The molecule has 136 valence electrons. The van der Waals surface area contributed by atoms with Crippen LogP contribution in [0.3, 0.4) is 0 Å². The molecule has 2 heterocycles. The molecule has 0 bridgehead atoms. The number of fused-ring (bicyclic) bond motifs is 1. The third kappa shape index (κ3) is 4.87. The van der Waals surface area contributed by atoms with Crippen molar-refractivity contribution in [2.24, 2.45) is 0 Å². The molecule has 0 aromatic heterocycles. The number of hydrogen-bond acceptors (Lipinski definition) is 4. The molecule has 0 aliphatic carbocycles. The first kappa shape index (κ1) is 18.9. The minimum absolute atomic E-state index is 0.108. The van der Waals surface area contributed by atoms with Crippen LogP contribution in [-0.2, 0) is 15.6 Å². The van der Waals surface area contributed by atoms with E-state index >= 15 is 0 Å². The van der Waals surface area contributed by atoms with Gasteiger partial charge in [0.25, 0.3) is 0 Å². The molecule has 0 amide bonds. The van der Waals surface area contributed by atoms with Crippen molar-refractivity contribution in [3.63, 3.8) is 0 Å². The lowest BCUT2D eigenvalue weighted by Crippen LogP contribution is -2.22. The van der Waals surface area contributed by atoms with Crippen molar-refractivity contribution in [1.29, 1.82) is 0 Å². The molecule has 1 aromatic rings. The summed E-state index contributed by atoms with van der Waals surface area (Å²) in [4.78, 5) is 10.5. The summed E-state index contributed by atoms with van der Waals surface area (Å²) in [5.41, 5.74) is 5.41. The Morgan fingerprint density at radius 1 is 1.16 bits per heavy atom. The van der Waals surface area contributed by atoms with Crippen LogP contribution in [0.4, 0.5) is 0 Å². The summed E-state index contributed by atoms with van der Waals surface area (Å²) in [5, 5.41) is 0. The van der Waals surface area contributed by atoms with E-state index < -0.39 is 0 Å². The molecule has 1 aromatic carbocycles. The second-order valence-corrected chi connectivity index (χ2v) is 10.1. The van der Waals surface area contributed by atoms with Crippen LogP contribution < -0.4 is 4.89 Å². The van der Waals surface area contributed by atoms with Gasteiger partial charge in [-0.05, 0) is 69.6 Å². The second-order valence-electron chi connectivity index (χ2n) is 7.05. The van der Waals surface area contributed by atoms with E-state index in [1.54, 1.807) is 0 Å². The molecule has 4 heteroatoms. The maximum atomic E-state index is 5.34. The highest BCUT2D eigenvalue weighted by atomic mass is 32.2. The van der Waals surface area contributed by atoms with Crippen LogP contribution in [0.25, 0.3) is 0 Å². The number of hydrogen-bond donors (Lipinski definition) is 0. The smallest absolute Gasteiger partial charge is 0.171 e. The highest BCUT2D eigenvalue weighted by molar-refractivity contribution is 8.18. The SMILES string of the molecule is CC(C)=CCC/C(C)=C/CC1(c2ccc3c(c2)OOC3)SCCCS1. The van der Waals surface area contributed by atoms with E-state index in [1.807, 2.05) is 0 Å². The minimum atomic E-state index is 0.108. The van der Waals surface area contributed by atoms with Gasteiger partial charge in [0.15, 0.2) is 5.75 Å². The predicted octanol–water partition coefficient (Wildman–Crippen LogP) is 6.62. The summed E-state index contributed by atoms with van der Waals surface area (Å²) in [6, 6.07) is 6.63. The number of thioether (sulfide) groups is 2. The summed E-state index contributed by atoms with van der Waals surface area (Å²) in [5.74, 6) is 3.35. The molecule has 0 atom stereocenters. The molecule has 0 radical (unpaired) electrons. The average molecular weight is 377 g/mol. The van der Waals surface area contributed by atoms with E-state index in [0.29, 0.717) is 6.61 Å². The molecule has 0 saturated carbocycles. The summed E-state index contributed by atoms with van der Waals surface area (Å²) in [6.07, 6.45) is 9.44. The van der Waals surface area contributed by atoms with Crippen LogP contribution in [0.2, 0.25) is 0 Å². The largest absolute Gasteiger partial charge is 0.337 e. The number of allylic oxidation sites excluding steroid dienone is 4. The van der Waals surface area contributed by atoms with Crippen LogP contribution in [0.1, 0.15) is 57.6 Å². The molecule has 25 heavy (non-hydrogen) atoms. The zero-order valence-electron chi connectivity index (χ0n) is 15.5. The Morgan fingerprint density at radius 2 is 1.96 bits per heavy atom. The molecule has 2 nitrogen and oxygen atoms in total. The van der Waals surface area contributed by atoms with Gasteiger partial charge in [-0.1, -0.05) is 35.4 Å². The van der Waals surface area contributed by atoms with Gasteiger partial charge in [-0.25, -0.2) is 0 Å². The minimum Gasteiger partial charge on any atom is -0.337 e. The van der Waals surface area contributed by atoms with Gasteiger partial charge in [-0.3, -0.25) is 0 Å². The predicted molar refractivity (Wildman–Crippen MR) is 110 cm³/mol. The van der Waals surface area contributed by atoms with E-state index in [0.717, 1.165) is 30.6 Å². The maximum absolute atomic E-state index is 5.34. The number of benzene rings is 1. The fraction of sp³-hybridized carbons (Fsp3) is 0.524. The van der Waals surface area contributed by atoms with Gasteiger partial charge >= 0.3 is 0 Å². The van der Waals surface area contributed by atoms with E-state index in [1.165, 1.54) is 34.6 Å². The third-order valence-corrected chi connectivity index (χ3v) is 8.07. The van der Waals surface area contributed by atoms with Crippen LogP contribution in [0, 0.1) is 0 Å². The summed E-state index contributed by atoms with van der Waals surface area (Å²) in [7, 11) is 0. The van der Waals surface area contributed by atoms with Crippen molar-refractivity contribution >= 4 is 23.5 Å². The van der Waals surface area contributed by atoms with Gasteiger partial charge in [0.2, 0.25) is 0 Å². The van der Waals surface area contributed by atoms with Crippen molar-refractivity contribution in [3.05, 3.63) is 52.6 Å². The second kappa shape index (κ2) is 8.70. The summed E-state index contributed by atoms with van der Waals surface area (Å²) >= 11 is 4.18. The molecule has 1 fully saturated rings. The molecule has 0 N–H and O–H groups in total. The monoisotopic (exact) mass is 376 g/mol. The Bertz CT molecular complexity index is 654. The Hall–Kier alpha value is -0.840. The topological polar surface area (TPSA) is 18.5 Å². The Labute approximate surface area is 160 Å². The van der Waals surface area contributed by atoms with Crippen LogP contribution in [0.5, 0.6) is 5.75 Å². The number of rotatable bonds is 6. The van der Waals surface area contributed by atoms with Crippen molar-refractivity contribution < 1.29 is 9.78 Å². The normalized spacial score (nSPS) is 19.2. The van der Waals surface area contributed by atoms with E-state index in [2.05, 4.69) is 74.6 Å². The first-order valence-electron chi connectivity index (χ1n) is 9.09.